The third-order valence-electron chi connectivity index (χ3n) is 1.66. The Hall–Kier alpha value is -1.62. The monoisotopic (exact) mass is 210 g/mol. The highest BCUT2D eigenvalue weighted by atomic mass is 16.5. The van der Waals surface area contributed by atoms with Gasteiger partial charge in [0.05, 0.1) is 12.8 Å². The highest BCUT2D eigenvalue weighted by Gasteiger charge is 2.12. The molecule has 0 aliphatic rings. The van der Waals surface area contributed by atoms with E-state index in [0.717, 1.165) is 0 Å². The van der Waals surface area contributed by atoms with Crippen LogP contribution in [0.25, 0.3) is 0 Å². The molecule has 0 radical (unpaired) electrons. The molecule has 2 N–H and O–H groups in total. The van der Waals surface area contributed by atoms with E-state index in [-0.39, 0.29) is 0 Å². The maximum atomic E-state index is 11.5. The topological polar surface area (TPSA) is 74.4 Å². The molecule has 5 heteroatoms. The van der Waals surface area contributed by atoms with E-state index in [1.807, 2.05) is 0 Å². The quantitative estimate of drug-likeness (QED) is 0.720. The van der Waals surface area contributed by atoms with E-state index >= 15 is 0 Å². The molecule has 0 amide bonds. The van der Waals surface area contributed by atoms with Crippen LogP contribution in [0.5, 0.6) is 5.75 Å². The van der Waals surface area contributed by atoms with Crippen molar-refractivity contribution in [2.45, 2.75) is 6.92 Å². The lowest BCUT2D eigenvalue weighted by molar-refractivity contribution is 0.0521. The summed E-state index contributed by atoms with van der Waals surface area (Å²) >= 11 is 0. The predicted octanol–water partition coefficient (Wildman–Crippen LogP) is 0.596. The van der Waals surface area contributed by atoms with E-state index in [9.17, 15) is 4.79 Å². The van der Waals surface area contributed by atoms with Crippen LogP contribution in [0.3, 0.4) is 0 Å². The second kappa shape index (κ2) is 5.98. The van der Waals surface area contributed by atoms with E-state index in [2.05, 4.69) is 4.98 Å². The minimum absolute atomic E-state index is 0.331. The van der Waals surface area contributed by atoms with Gasteiger partial charge in [-0.3, -0.25) is 4.98 Å². The first kappa shape index (κ1) is 11.5. The SMILES string of the molecule is CCOC(=O)c1ccncc1OCCN. The minimum atomic E-state index is -0.410. The largest absolute Gasteiger partial charge is 0.490 e. The summed E-state index contributed by atoms with van der Waals surface area (Å²) in [7, 11) is 0. The molecule has 0 aromatic carbocycles. The molecule has 1 aromatic heterocycles. The van der Waals surface area contributed by atoms with Crippen molar-refractivity contribution in [2.75, 3.05) is 19.8 Å². The maximum absolute atomic E-state index is 11.5. The lowest BCUT2D eigenvalue weighted by atomic mass is 10.2. The van der Waals surface area contributed by atoms with Crippen LogP contribution in [-0.4, -0.2) is 30.7 Å². The number of carbonyl (C=O) groups excluding carboxylic acids is 1. The van der Waals surface area contributed by atoms with Crippen LogP contribution < -0.4 is 10.5 Å². The van der Waals surface area contributed by atoms with E-state index in [1.165, 1.54) is 12.4 Å². The van der Waals surface area contributed by atoms with Crippen LogP contribution in [0.15, 0.2) is 18.5 Å². The van der Waals surface area contributed by atoms with Crippen LogP contribution >= 0.6 is 0 Å². The van der Waals surface area contributed by atoms with Crippen molar-refractivity contribution in [1.29, 1.82) is 0 Å². The molecule has 0 fully saturated rings. The van der Waals surface area contributed by atoms with E-state index in [4.69, 9.17) is 15.2 Å². The fourth-order valence-electron chi connectivity index (χ4n) is 1.04. The molecule has 15 heavy (non-hydrogen) atoms. The fraction of sp³-hybridized carbons (Fsp3) is 0.400. The molecular formula is C10H14N2O3. The third kappa shape index (κ3) is 3.21. The van der Waals surface area contributed by atoms with Gasteiger partial charge in [-0.15, -0.1) is 0 Å². The van der Waals surface area contributed by atoms with Gasteiger partial charge in [-0.05, 0) is 13.0 Å². The van der Waals surface area contributed by atoms with Crippen molar-refractivity contribution in [3.63, 3.8) is 0 Å². The van der Waals surface area contributed by atoms with Gasteiger partial charge in [-0.25, -0.2) is 4.79 Å². The Morgan fingerprint density at radius 2 is 2.40 bits per heavy atom. The van der Waals surface area contributed by atoms with Crippen LogP contribution in [0.1, 0.15) is 17.3 Å². The van der Waals surface area contributed by atoms with E-state index in [1.54, 1.807) is 13.0 Å². The highest BCUT2D eigenvalue weighted by molar-refractivity contribution is 5.92. The Morgan fingerprint density at radius 3 is 3.07 bits per heavy atom. The molecule has 0 unspecified atom stereocenters. The lowest BCUT2D eigenvalue weighted by Gasteiger charge is -2.08. The van der Waals surface area contributed by atoms with Gasteiger partial charge in [-0.2, -0.15) is 0 Å². The molecule has 0 aliphatic heterocycles. The zero-order valence-electron chi connectivity index (χ0n) is 8.60. The number of hydrogen-bond acceptors (Lipinski definition) is 5. The molecule has 0 saturated carbocycles. The number of carbonyl (C=O) groups is 1. The van der Waals surface area contributed by atoms with Crippen molar-refractivity contribution in [3.8, 4) is 5.75 Å². The molecule has 82 valence electrons. The summed E-state index contributed by atoms with van der Waals surface area (Å²) in [6.45, 7) is 2.81. The number of hydrogen-bond donors (Lipinski definition) is 1. The number of esters is 1. The lowest BCUT2D eigenvalue weighted by Crippen LogP contribution is -2.13. The second-order valence-electron chi connectivity index (χ2n) is 2.73. The summed E-state index contributed by atoms with van der Waals surface area (Å²) < 4.78 is 10.1. The third-order valence-corrected chi connectivity index (χ3v) is 1.66. The molecule has 0 atom stereocenters. The molecule has 0 spiro atoms. The molecule has 0 aliphatic carbocycles. The maximum Gasteiger partial charge on any atom is 0.342 e. The molecule has 1 rings (SSSR count). The Morgan fingerprint density at radius 1 is 1.60 bits per heavy atom. The van der Waals surface area contributed by atoms with Gasteiger partial charge in [0.2, 0.25) is 0 Å². The Labute approximate surface area is 88.2 Å². The van der Waals surface area contributed by atoms with Gasteiger partial charge < -0.3 is 15.2 Å². The molecule has 1 heterocycles. The standard InChI is InChI=1S/C10H14N2O3/c1-2-14-10(13)8-3-5-12-7-9(8)15-6-4-11/h3,5,7H,2,4,6,11H2,1H3. The molecule has 0 bridgehead atoms. The summed E-state index contributed by atoms with van der Waals surface area (Å²) in [6, 6.07) is 1.56. The Kier molecular flexibility index (Phi) is 4.56. The molecule has 0 saturated heterocycles. The van der Waals surface area contributed by atoms with Gasteiger partial charge in [-0.1, -0.05) is 0 Å². The number of ether oxygens (including phenoxy) is 2. The zero-order chi connectivity index (χ0) is 11.1. The fourth-order valence-corrected chi connectivity index (χ4v) is 1.04. The zero-order valence-corrected chi connectivity index (χ0v) is 8.60. The Bertz CT molecular complexity index is 328. The number of nitrogens with zero attached hydrogens (tertiary/aromatic N) is 1. The second-order valence-corrected chi connectivity index (χ2v) is 2.73. The summed E-state index contributed by atoms with van der Waals surface area (Å²) in [5.74, 6) is -0.00618. The van der Waals surface area contributed by atoms with Gasteiger partial charge in [0.25, 0.3) is 0 Å². The molecular weight excluding hydrogens is 196 g/mol. The first-order valence-electron chi connectivity index (χ1n) is 4.73. The van der Waals surface area contributed by atoms with E-state index < -0.39 is 5.97 Å². The highest BCUT2D eigenvalue weighted by Crippen LogP contribution is 2.17. The minimum Gasteiger partial charge on any atom is -0.490 e. The summed E-state index contributed by atoms with van der Waals surface area (Å²) in [5.41, 5.74) is 5.67. The van der Waals surface area contributed by atoms with Crippen molar-refractivity contribution < 1.29 is 14.3 Å². The molecule has 1 aromatic rings. The number of pyridine rings is 1. The van der Waals surface area contributed by atoms with Gasteiger partial charge in [0.1, 0.15) is 12.2 Å². The number of aromatic nitrogens is 1. The van der Waals surface area contributed by atoms with Crippen LogP contribution in [-0.2, 0) is 4.74 Å². The average Bonchev–Trinajstić information content (AvgIpc) is 2.27. The molecule has 5 nitrogen and oxygen atoms in total. The average molecular weight is 210 g/mol. The number of nitrogens with two attached hydrogens (primary N) is 1. The van der Waals surface area contributed by atoms with Crippen LogP contribution in [0, 0.1) is 0 Å². The van der Waals surface area contributed by atoms with Crippen LogP contribution in [0.2, 0.25) is 0 Å². The predicted molar refractivity (Wildman–Crippen MR) is 54.7 cm³/mol. The van der Waals surface area contributed by atoms with Crippen molar-refractivity contribution in [1.82, 2.24) is 4.98 Å². The van der Waals surface area contributed by atoms with Gasteiger partial charge in [0.15, 0.2) is 5.75 Å². The normalized spacial score (nSPS) is 9.73. The van der Waals surface area contributed by atoms with Gasteiger partial charge in [0, 0.05) is 12.7 Å². The first-order valence-corrected chi connectivity index (χ1v) is 4.73. The first-order chi connectivity index (χ1) is 7.29. The van der Waals surface area contributed by atoms with Crippen LogP contribution in [0.4, 0.5) is 0 Å². The van der Waals surface area contributed by atoms with Crippen molar-refractivity contribution >= 4 is 5.97 Å². The van der Waals surface area contributed by atoms with Crippen molar-refractivity contribution in [2.24, 2.45) is 5.73 Å². The summed E-state index contributed by atoms with van der Waals surface area (Å²) in [6.07, 6.45) is 2.99. The van der Waals surface area contributed by atoms with Crippen molar-refractivity contribution in [3.05, 3.63) is 24.0 Å². The summed E-state index contributed by atoms with van der Waals surface area (Å²) in [4.78, 5) is 15.3. The van der Waals surface area contributed by atoms with E-state index in [0.29, 0.717) is 31.1 Å². The Balaban J connectivity index is 2.80. The summed E-state index contributed by atoms with van der Waals surface area (Å²) in [5, 5.41) is 0. The number of rotatable bonds is 5. The van der Waals surface area contributed by atoms with Gasteiger partial charge >= 0.3 is 5.97 Å². The smallest absolute Gasteiger partial charge is 0.342 e.